The van der Waals surface area contributed by atoms with Gasteiger partial charge in [0.15, 0.2) is 6.61 Å². The molecular formula is C19H24N2O3S. The van der Waals surface area contributed by atoms with Crippen LogP contribution in [0.3, 0.4) is 0 Å². The van der Waals surface area contributed by atoms with Crippen molar-refractivity contribution in [2.24, 2.45) is 0 Å². The van der Waals surface area contributed by atoms with E-state index in [9.17, 15) is 4.79 Å². The molecule has 1 aromatic carbocycles. The van der Waals surface area contributed by atoms with Gasteiger partial charge in [-0.15, -0.1) is 11.3 Å². The summed E-state index contributed by atoms with van der Waals surface area (Å²) in [6.45, 7) is 2.83. The Morgan fingerprint density at radius 3 is 2.56 bits per heavy atom. The molecule has 1 N–H and O–H groups in total. The average molecular weight is 360 g/mol. The first-order chi connectivity index (χ1) is 12.3. The highest BCUT2D eigenvalue weighted by Crippen LogP contribution is 2.27. The lowest BCUT2D eigenvalue weighted by atomic mass is 10.2. The van der Waals surface area contributed by atoms with E-state index >= 15 is 0 Å². The van der Waals surface area contributed by atoms with Gasteiger partial charge < -0.3 is 14.8 Å². The largest absolute Gasteiger partial charge is 0.497 e. The number of benzene rings is 1. The minimum absolute atomic E-state index is 0.0174. The Labute approximate surface area is 152 Å². The van der Waals surface area contributed by atoms with Gasteiger partial charge in [0.1, 0.15) is 11.5 Å². The van der Waals surface area contributed by atoms with Gasteiger partial charge in [-0.1, -0.05) is 6.07 Å². The van der Waals surface area contributed by atoms with Gasteiger partial charge in [-0.25, -0.2) is 0 Å². The lowest BCUT2D eigenvalue weighted by Crippen LogP contribution is -2.38. The fraction of sp³-hybridized carbons (Fsp3) is 0.421. The van der Waals surface area contributed by atoms with Crippen LogP contribution in [0.15, 0.2) is 41.8 Å². The molecular weight excluding hydrogens is 336 g/mol. The van der Waals surface area contributed by atoms with Crippen molar-refractivity contribution >= 4 is 17.2 Å². The zero-order valence-corrected chi connectivity index (χ0v) is 15.3. The van der Waals surface area contributed by atoms with Crippen molar-refractivity contribution < 1.29 is 14.3 Å². The van der Waals surface area contributed by atoms with Crippen molar-refractivity contribution in [3.05, 3.63) is 46.7 Å². The van der Waals surface area contributed by atoms with Gasteiger partial charge in [0.05, 0.1) is 13.2 Å². The number of hydrogen-bond acceptors (Lipinski definition) is 5. The third-order valence-corrected chi connectivity index (χ3v) is 5.35. The van der Waals surface area contributed by atoms with Crippen LogP contribution in [0.2, 0.25) is 0 Å². The Morgan fingerprint density at radius 1 is 1.20 bits per heavy atom. The Balaban J connectivity index is 1.49. The number of amides is 1. The van der Waals surface area contributed by atoms with Crippen LogP contribution in [0.1, 0.15) is 23.8 Å². The number of thiophene rings is 1. The highest BCUT2D eigenvalue weighted by molar-refractivity contribution is 7.10. The van der Waals surface area contributed by atoms with E-state index in [1.165, 1.54) is 17.7 Å². The van der Waals surface area contributed by atoms with E-state index in [1.54, 1.807) is 30.6 Å². The van der Waals surface area contributed by atoms with Crippen molar-refractivity contribution in [1.29, 1.82) is 0 Å². The molecule has 5 nitrogen and oxygen atoms in total. The predicted octanol–water partition coefficient (Wildman–Crippen LogP) is 3.09. The molecule has 1 aliphatic heterocycles. The summed E-state index contributed by atoms with van der Waals surface area (Å²) in [7, 11) is 1.62. The molecule has 2 heterocycles. The Bertz CT molecular complexity index is 652. The van der Waals surface area contributed by atoms with E-state index in [4.69, 9.17) is 9.47 Å². The number of carbonyl (C=O) groups is 1. The standard InChI is InChI=1S/C19H24N2O3S/c1-23-15-6-8-16(9-7-15)24-14-19(22)20-13-17(18-5-4-12-25-18)21-10-2-3-11-21/h4-9,12,17H,2-3,10-11,13-14H2,1H3,(H,20,22)/t17-/m1/s1. The quantitative estimate of drug-likeness (QED) is 0.786. The molecule has 0 unspecified atom stereocenters. The normalized spacial score (nSPS) is 15.7. The monoisotopic (exact) mass is 360 g/mol. The molecule has 1 atom stereocenters. The third kappa shape index (κ3) is 4.96. The maximum atomic E-state index is 12.2. The average Bonchev–Trinajstić information content (AvgIpc) is 3.35. The number of hydrogen-bond donors (Lipinski definition) is 1. The summed E-state index contributed by atoms with van der Waals surface area (Å²) in [4.78, 5) is 15.9. The van der Waals surface area contributed by atoms with Gasteiger partial charge in [-0.05, 0) is 61.6 Å². The summed E-state index contributed by atoms with van der Waals surface area (Å²) in [5, 5.41) is 5.11. The second kappa shape index (κ2) is 8.87. The molecule has 0 aliphatic carbocycles. The number of methoxy groups -OCH3 is 1. The van der Waals surface area contributed by atoms with Crippen LogP contribution in [-0.2, 0) is 4.79 Å². The molecule has 1 amide bonds. The minimum Gasteiger partial charge on any atom is -0.497 e. The van der Waals surface area contributed by atoms with Gasteiger partial charge in [-0.3, -0.25) is 9.69 Å². The van der Waals surface area contributed by atoms with E-state index in [2.05, 4.69) is 27.7 Å². The van der Waals surface area contributed by atoms with Crippen LogP contribution in [0, 0.1) is 0 Å². The Morgan fingerprint density at radius 2 is 1.92 bits per heavy atom. The van der Waals surface area contributed by atoms with Crippen LogP contribution >= 0.6 is 11.3 Å². The van der Waals surface area contributed by atoms with E-state index in [0.717, 1.165) is 18.8 Å². The zero-order chi connectivity index (χ0) is 17.5. The van der Waals surface area contributed by atoms with Gasteiger partial charge >= 0.3 is 0 Å². The van der Waals surface area contributed by atoms with Gasteiger partial charge in [0, 0.05) is 11.4 Å². The van der Waals surface area contributed by atoms with E-state index in [1.807, 2.05) is 12.1 Å². The summed E-state index contributed by atoms with van der Waals surface area (Å²) >= 11 is 1.75. The number of ether oxygens (including phenoxy) is 2. The van der Waals surface area contributed by atoms with Crippen LogP contribution in [0.5, 0.6) is 11.5 Å². The summed E-state index contributed by atoms with van der Waals surface area (Å²) in [6.07, 6.45) is 2.47. The molecule has 134 valence electrons. The van der Waals surface area contributed by atoms with Crippen LogP contribution in [0.4, 0.5) is 0 Å². The second-order valence-corrected chi connectivity index (χ2v) is 7.02. The molecule has 0 saturated carbocycles. The Kier molecular flexibility index (Phi) is 6.30. The van der Waals surface area contributed by atoms with Crippen molar-refractivity contribution in [3.8, 4) is 11.5 Å². The summed E-state index contributed by atoms with van der Waals surface area (Å²) in [5.74, 6) is 1.32. The number of carbonyl (C=O) groups excluding carboxylic acids is 1. The zero-order valence-electron chi connectivity index (χ0n) is 14.4. The highest BCUT2D eigenvalue weighted by atomic mass is 32.1. The first-order valence-corrected chi connectivity index (χ1v) is 9.45. The first kappa shape index (κ1) is 17.8. The fourth-order valence-corrected chi connectivity index (χ4v) is 3.89. The van der Waals surface area contributed by atoms with Crippen molar-refractivity contribution in [2.45, 2.75) is 18.9 Å². The lowest BCUT2D eigenvalue weighted by molar-refractivity contribution is -0.123. The number of nitrogens with zero attached hydrogens (tertiary/aromatic N) is 1. The van der Waals surface area contributed by atoms with Crippen LogP contribution < -0.4 is 14.8 Å². The SMILES string of the molecule is COc1ccc(OCC(=O)NC[C@H](c2cccs2)N2CCCC2)cc1. The molecule has 25 heavy (non-hydrogen) atoms. The maximum absolute atomic E-state index is 12.2. The number of nitrogens with one attached hydrogen (secondary N) is 1. The molecule has 6 heteroatoms. The van der Waals surface area contributed by atoms with Gasteiger partial charge in [-0.2, -0.15) is 0 Å². The summed E-state index contributed by atoms with van der Waals surface area (Å²) in [6, 6.07) is 11.7. The molecule has 0 bridgehead atoms. The molecule has 1 aliphatic rings. The minimum atomic E-state index is -0.100. The molecule has 1 saturated heterocycles. The van der Waals surface area contributed by atoms with Crippen LogP contribution in [0.25, 0.3) is 0 Å². The number of likely N-dealkylation sites (tertiary alicyclic amines) is 1. The summed E-state index contributed by atoms with van der Waals surface area (Å²) < 4.78 is 10.6. The first-order valence-electron chi connectivity index (χ1n) is 8.57. The topological polar surface area (TPSA) is 50.8 Å². The number of rotatable bonds is 8. The van der Waals surface area contributed by atoms with Crippen molar-refractivity contribution in [3.63, 3.8) is 0 Å². The maximum Gasteiger partial charge on any atom is 0.258 e. The summed E-state index contributed by atoms with van der Waals surface area (Å²) in [5.41, 5.74) is 0. The van der Waals surface area contributed by atoms with Gasteiger partial charge in [0.25, 0.3) is 5.91 Å². The highest BCUT2D eigenvalue weighted by Gasteiger charge is 2.24. The lowest BCUT2D eigenvalue weighted by Gasteiger charge is -2.26. The molecule has 2 aromatic rings. The van der Waals surface area contributed by atoms with Crippen molar-refractivity contribution in [1.82, 2.24) is 10.2 Å². The van der Waals surface area contributed by atoms with E-state index in [-0.39, 0.29) is 18.6 Å². The van der Waals surface area contributed by atoms with Crippen molar-refractivity contribution in [2.75, 3.05) is 33.4 Å². The Hall–Kier alpha value is -2.05. The second-order valence-electron chi connectivity index (χ2n) is 6.04. The van der Waals surface area contributed by atoms with E-state index in [0.29, 0.717) is 12.3 Å². The molecule has 1 fully saturated rings. The fourth-order valence-electron chi connectivity index (χ4n) is 3.03. The third-order valence-electron chi connectivity index (χ3n) is 4.37. The van der Waals surface area contributed by atoms with Crippen LogP contribution in [-0.4, -0.2) is 44.2 Å². The molecule has 0 spiro atoms. The predicted molar refractivity (Wildman–Crippen MR) is 99.4 cm³/mol. The van der Waals surface area contributed by atoms with E-state index < -0.39 is 0 Å². The molecule has 0 radical (unpaired) electrons. The molecule has 1 aromatic heterocycles. The molecule has 3 rings (SSSR count). The van der Waals surface area contributed by atoms with Gasteiger partial charge in [0.2, 0.25) is 0 Å². The smallest absolute Gasteiger partial charge is 0.258 e.